The van der Waals surface area contributed by atoms with Crippen LogP contribution in [0.1, 0.15) is 0 Å². The average Bonchev–Trinajstić information content (AvgIpc) is 2.93. The van der Waals surface area contributed by atoms with Gasteiger partial charge in [0.2, 0.25) is 0 Å². The maximum atomic E-state index is 14.2. The van der Waals surface area contributed by atoms with E-state index < -0.39 is 0 Å². The number of pyridine rings is 1. The molecule has 3 aromatic rings. The van der Waals surface area contributed by atoms with E-state index in [4.69, 9.17) is 16.7 Å². The maximum absolute atomic E-state index is 14.2. The van der Waals surface area contributed by atoms with Gasteiger partial charge in [0.25, 0.3) is 0 Å². The summed E-state index contributed by atoms with van der Waals surface area (Å²) in [6.45, 7) is 0.372. The number of rotatable bonds is 4. The minimum Gasteiger partial charge on any atom is -0.395 e. The lowest BCUT2D eigenvalue weighted by Crippen LogP contribution is -2.07. The van der Waals surface area contributed by atoms with Crippen molar-refractivity contribution in [2.24, 2.45) is 0 Å². The Morgan fingerprint density at radius 1 is 1.24 bits per heavy atom. The number of hydrogen-bond acceptors (Lipinski definition) is 3. The lowest BCUT2D eigenvalue weighted by molar-refractivity contribution is 0.311. The topological polar surface area (TPSA) is 60.9 Å². The van der Waals surface area contributed by atoms with Crippen molar-refractivity contribution < 1.29 is 9.50 Å². The van der Waals surface area contributed by atoms with Crippen LogP contribution in [0, 0.1) is 5.82 Å². The quantitative estimate of drug-likeness (QED) is 0.692. The van der Waals surface area contributed by atoms with Crippen LogP contribution < -0.4 is 5.32 Å². The van der Waals surface area contributed by atoms with E-state index >= 15 is 0 Å². The standard InChI is InChI=1S/C15H13ClFN3O/c16-9-1-2-10(13(17)7-9)12-8-14(18-5-6-21)20-15-11(12)3-4-19-15/h1-4,7-8,21H,5-6H2,(H2,18,19,20). The summed E-state index contributed by atoms with van der Waals surface area (Å²) in [4.78, 5) is 7.40. The van der Waals surface area contributed by atoms with Crippen molar-refractivity contribution in [3.05, 3.63) is 47.4 Å². The second kappa shape index (κ2) is 5.71. The largest absolute Gasteiger partial charge is 0.395 e. The van der Waals surface area contributed by atoms with Crippen LogP contribution in [0.4, 0.5) is 10.2 Å². The number of aliphatic hydroxyl groups is 1. The summed E-state index contributed by atoms with van der Waals surface area (Å²) < 4.78 is 14.2. The Kier molecular flexibility index (Phi) is 3.77. The Morgan fingerprint density at radius 3 is 2.86 bits per heavy atom. The number of halogens is 2. The Hall–Kier alpha value is -2.11. The molecule has 3 rings (SSSR count). The molecule has 0 spiro atoms. The number of hydrogen-bond donors (Lipinski definition) is 3. The monoisotopic (exact) mass is 305 g/mol. The van der Waals surface area contributed by atoms with Gasteiger partial charge in [0.1, 0.15) is 17.3 Å². The van der Waals surface area contributed by atoms with Crippen molar-refractivity contribution in [3.8, 4) is 11.1 Å². The lowest BCUT2D eigenvalue weighted by Gasteiger charge is -2.09. The van der Waals surface area contributed by atoms with Crippen LogP contribution in [-0.4, -0.2) is 28.2 Å². The Bertz CT molecular complexity index is 788. The van der Waals surface area contributed by atoms with E-state index in [0.717, 1.165) is 10.9 Å². The summed E-state index contributed by atoms with van der Waals surface area (Å²) in [5.74, 6) is 0.188. The molecule has 2 heterocycles. The molecule has 3 N–H and O–H groups in total. The van der Waals surface area contributed by atoms with Crippen molar-refractivity contribution in [1.82, 2.24) is 9.97 Å². The molecule has 0 fully saturated rings. The molecule has 0 unspecified atom stereocenters. The first-order valence-corrected chi connectivity index (χ1v) is 6.85. The zero-order chi connectivity index (χ0) is 14.8. The number of benzene rings is 1. The Morgan fingerprint density at radius 2 is 2.10 bits per heavy atom. The summed E-state index contributed by atoms with van der Waals surface area (Å²) in [5.41, 5.74) is 1.83. The number of aromatic amines is 1. The predicted octanol–water partition coefficient (Wildman–Crippen LogP) is 3.43. The average molecular weight is 306 g/mol. The summed E-state index contributed by atoms with van der Waals surface area (Å²) >= 11 is 5.80. The third kappa shape index (κ3) is 2.70. The molecule has 0 radical (unpaired) electrons. The van der Waals surface area contributed by atoms with Gasteiger partial charge < -0.3 is 15.4 Å². The highest BCUT2D eigenvalue weighted by Gasteiger charge is 2.12. The van der Waals surface area contributed by atoms with Crippen LogP contribution >= 0.6 is 11.6 Å². The molecule has 0 bridgehead atoms. The summed E-state index contributed by atoms with van der Waals surface area (Å²) in [5, 5.41) is 13.1. The van der Waals surface area contributed by atoms with E-state index in [-0.39, 0.29) is 12.4 Å². The molecule has 0 atom stereocenters. The molecule has 6 heteroatoms. The highest BCUT2D eigenvalue weighted by molar-refractivity contribution is 6.30. The Balaban J connectivity index is 2.17. The Labute approximate surface area is 125 Å². The number of fused-ring (bicyclic) bond motifs is 1. The summed E-state index contributed by atoms with van der Waals surface area (Å²) in [6, 6.07) is 8.20. The second-order valence-corrected chi connectivity index (χ2v) is 5.01. The predicted molar refractivity (Wildman–Crippen MR) is 82.1 cm³/mol. The third-order valence-electron chi connectivity index (χ3n) is 3.17. The van der Waals surface area contributed by atoms with E-state index in [0.29, 0.717) is 28.6 Å². The van der Waals surface area contributed by atoms with Crippen LogP contribution in [0.5, 0.6) is 0 Å². The highest BCUT2D eigenvalue weighted by Crippen LogP contribution is 2.32. The van der Waals surface area contributed by atoms with E-state index in [2.05, 4.69) is 15.3 Å². The fourth-order valence-corrected chi connectivity index (χ4v) is 2.40. The van der Waals surface area contributed by atoms with Crippen LogP contribution in [-0.2, 0) is 0 Å². The molecule has 21 heavy (non-hydrogen) atoms. The van der Waals surface area contributed by atoms with Crippen molar-refractivity contribution in [2.75, 3.05) is 18.5 Å². The van der Waals surface area contributed by atoms with Gasteiger partial charge in [0.05, 0.1) is 6.61 Å². The second-order valence-electron chi connectivity index (χ2n) is 4.57. The molecule has 0 saturated carbocycles. The van der Waals surface area contributed by atoms with Gasteiger partial charge >= 0.3 is 0 Å². The molecule has 4 nitrogen and oxygen atoms in total. The van der Waals surface area contributed by atoms with Crippen LogP contribution in [0.3, 0.4) is 0 Å². The molecule has 0 saturated heterocycles. The number of nitrogens with one attached hydrogen (secondary N) is 2. The zero-order valence-electron chi connectivity index (χ0n) is 11.0. The van der Waals surface area contributed by atoms with Gasteiger partial charge in [-0.1, -0.05) is 11.6 Å². The number of nitrogens with zero attached hydrogens (tertiary/aromatic N) is 1. The fraction of sp³-hybridized carbons (Fsp3) is 0.133. The van der Waals surface area contributed by atoms with Crippen LogP contribution in [0.2, 0.25) is 5.02 Å². The van der Waals surface area contributed by atoms with E-state index in [1.54, 1.807) is 24.4 Å². The first-order valence-electron chi connectivity index (χ1n) is 6.47. The van der Waals surface area contributed by atoms with Crippen molar-refractivity contribution >= 4 is 28.5 Å². The molecule has 0 aliphatic rings. The lowest BCUT2D eigenvalue weighted by atomic mass is 10.0. The van der Waals surface area contributed by atoms with Gasteiger partial charge in [-0.2, -0.15) is 0 Å². The number of aliphatic hydroxyl groups excluding tert-OH is 1. The smallest absolute Gasteiger partial charge is 0.140 e. The number of H-pyrrole nitrogens is 1. The van der Waals surface area contributed by atoms with Gasteiger partial charge in [-0.25, -0.2) is 9.37 Å². The van der Waals surface area contributed by atoms with Gasteiger partial charge in [-0.3, -0.25) is 0 Å². The normalized spacial score (nSPS) is 11.0. The van der Waals surface area contributed by atoms with Crippen LogP contribution in [0.15, 0.2) is 36.5 Å². The maximum Gasteiger partial charge on any atom is 0.140 e. The molecule has 1 aromatic carbocycles. The van der Waals surface area contributed by atoms with Crippen molar-refractivity contribution in [3.63, 3.8) is 0 Å². The minimum absolute atomic E-state index is 0.00488. The van der Waals surface area contributed by atoms with E-state index in [9.17, 15) is 4.39 Å². The molecule has 108 valence electrons. The van der Waals surface area contributed by atoms with Crippen LogP contribution in [0.25, 0.3) is 22.2 Å². The highest BCUT2D eigenvalue weighted by atomic mass is 35.5. The fourth-order valence-electron chi connectivity index (χ4n) is 2.24. The first kappa shape index (κ1) is 13.9. The first-order chi connectivity index (χ1) is 10.2. The van der Waals surface area contributed by atoms with Gasteiger partial charge in [-0.15, -0.1) is 0 Å². The van der Waals surface area contributed by atoms with Gasteiger partial charge in [0, 0.05) is 28.7 Å². The third-order valence-corrected chi connectivity index (χ3v) is 3.40. The SMILES string of the molecule is OCCNc1cc(-c2ccc(Cl)cc2F)c2cc[nH]c2n1. The summed E-state index contributed by atoms with van der Waals surface area (Å²) in [7, 11) is 0. The zero-order valence-corrected chi connectivity index (χ0v) is 11.8. The molecule has 0 amide bonds. The molecule has 2 aromatic heterocycles. The van der Waals surface area contributed by atoms with E-state index in [1.165, 1.54) is 6.07 Å². The minimum atomic E-state index is -0.385. The van der Waals surface area contributed by atoms with Gasteiger partial charge in [0.15, 0.2) is 0 Å². The molecule has 0 aliphatic heterocycles. The van der Waals surface area contributed by atoms with Crippen molar-refractivity contribution in [2.45, 2.75) is 0 Å². The summed E-state index contributed by atoms with van der Waals surface area (Å²) in [6.07, 6.45) is 1.75. The molecular weight excluding hydrogens is 293 g/mol. The van der Waals surface area contributed by atoms with Gasteiger partial charge in [-0.05, 0) is 35.9 Å². The number of anilines is 1. The molecular formula is C15H13ClFN3O. The molecule has 0 aliphatic carbocycles. The number of aromatic nitrogens is 2. The van der Waals surface area contributed by atoms with E-state index in [1.807, 2.05) is 6.07 Å². The van der Waals surface area contributed by atoms with Crippen molar-refractivity contribution in [1.29, 1.82) is 0 Å².